The van der Waals surface area contributed by atoms with Crippen molar-refractivity contribution in [1.82, 2.24) is 15.5 Å². The van der Waals surface area contributed by atoms with E-state index in [0.29, 0.717) is 11.8 Å². The smallest absolute Gasteiger partial charge is 0.191 e. The highest BCUT2D eigenvalue weighted by Crippen LogP contribution is 2.17. The molecule has 3 N–H and O–H groups in total. The maximum absolute atomic E-state index is 9.27. The van der Waals surface area contributed by atoms with Gasteiger partial charge in [0, 0.05) is 26.2 Å². The fourth-order valence-corrected chi connectivity index (χ4v) is 3.67. The highest BCUT2D eigenvalue weighted by Gasteiger charge is 2.18. The summed E-state index contributed by atoms with van der Waals surface area (Å²) in [6.45, 7) is 15.5. The van der Waals surface area contributed by atoms with Crippen LogP contribution in [0, 0.1) is 17.8 Å². The molecular weight excluding hydrogens is 439 g/mol. The average Bonchev–Trinajstić information content (AvgIpc) is 2.58. The van der Waals surface area contributed by atoms with Crippen LogP contribution in [-0.4, -0.2) is 61.8 Å². The quantitative estimate of drug-likeness (QED) is 0.240. The summed E-state index contributed by atoms with van der Waals surface area (Å²) in [7, 11) is 0. The largest absolute Gasteiger partial charge is 0.396 e. The predicted molar refractivity (Wildman–Crippen MR) is 123 cm³/mol. The molecule has 1 aliphatic rings. The summed E-state index contributed by atoms with van der Waals surface area (Å²) >= 11 is 0. The zero-order valence-corrected chi connectivity index (χ0v) is 19.8. The SMILES string of the molecule is CCCN1CCC(CNC(=NCC(CCO)CC(C)C)NCC)CC1.I. The molecule has 0 aliphatic carbocycles. The molecule has 0 radical (unpaired) electrons. The van der Waals surface area contributed by atoms with Crippen LogP contribution in [0.2, 0.25) is 0 Å². The van der Waals surface area contributed by atoms with Crippen molar-refractivity contribution in [1.29, 1.82) is 0 Å². The first-order chi connectivity index (χ1) is 12.1. The van der Waals surface area contributed by atoms with Crippen molar-refractivity contribution in [3.05, 3.63) is 0 Å². The van der Waals surface area contributed by atoms with Crippen molar-refractivity contribution in [2.24, 2.45) is 22.7 Å². The zero-order valence-electron chi connectivity index (χ0n) is 17.5. The van der Waals surface area contributed by atoms with Crippen LogP contribution in [-0.2, 0) is 0 Å². The van der Waals surface area contributed by atoms with Gasteiger partial charge in [0.1, 0.15) is 0 Å². The summed E-state index contributed by atoms with van der Waals surface area (Å²) in [5.74, 6) is 2.80. The number of nitrogens with one attached hydrogen (secondary N) is 2. The monoisotopic (exact) mass is 482 g/mol. The number of hydrogen-bond donors (Lipinski definition) is 3. The molecule has 1 atom stereocenters. The van der Waals surface area contributed by atoms with Gasteiger partial charge in [-0.3, -0.25) is 4.99 Å². The van der Waals surface area contributed by atoms with E-state index in [1.54, 1.807) is 0 Å². The summed E-state index contributed by atoms with van der Waals surface area (Å²) in [4.78, 5) is 7.37. The first-order valence-corrected chi connectivity index (χ1v) is 10.4. The number of rotatable bonds is 11. The lowest BCUT2D eigenvalue weighted by molar-refractivity contribution is 0.185. The van der Waals surface area contributed by atoms with Gasteiger partial charge >= 0.3 is 0 Å². The van der Waals surface area contributed by atoms with Gasteiger partial charge in [0.15, 0.2) is 5.96 Å². The molecule has 1 fully saturated rings. The summed E-state index contributed by atoms with van der Waals surface area (Å²) in [5, 5.41) is 16.2. The normalized spacial score (nSPS) is 17.8. The molecule has 1 unspecified atom stereocenters. The minimum atomic E-state index is 0. The molecule has 0 aromatic carbocycles. The second-order valence-corrected chi connectivity index (χ2v) is 7.89. The standard InChI is InChI=1S/C20H42N4O.HI/c1-5-10-24-11-7-18(8-12-24)15-22-20(21-6-2)23-16-19(9-13-25)14-17(3)4;/h17-19,25H,5-16H2,1-4H3,(H2,21,22,23);1H. The van der Waals surface area contributed by atoms with Gasteiger partial charge in [-0.15, -0.1) is 24.0 Å². The first-order valence-electron chi connectivity index (χ1n) is 10.4. The molecule has 0 aromatic rings. The van der Waals surface area contributed by atoms with Crippen molar-refractivity contribution in [2.45, 2.75) is 59.8 Å². The lowest BCUT2D eigenvalue weighted by Crippen LogP contribution is -2.43. The number of hydrogen-bond acceptors (Lipinski definition) is 3. The van der Waals surface area contributed by atoms with Crippen LogP contribution >= 0.6 is 24.0 Å². The fraction of sp³-hybridized carbons (Fsp3) is 0.950. The Hall–Kier alpha value is -0.0800. The molecule has 1 heterocycles. The summed E-state index contributed by atoms with van der Waals surface area (Å²) in [5.41, 5.74) is 0. The summed E-state index contributed by atoms with van der Waals surface area (Å²) < 4.78 is 0. The molecule has 0 saturated carbocycles. The van der Waals surface area contributed by atoms with Gasteiger partial charge in [-0.05, 0) is 76.4 Å². The molecule has 156 valence electrons. The van der Waals surface area contributed by atoms with Crippen molar-refractivity contribution < 1.29 is 5.11 Å². The molecule has 1 rings (SSSR count). The maximum Gasteiger partial charge on any atom is 0.191 e. The number of aliphatic hydroxyl groups is 1. The number of aliphatic imine (C=N–C) groups is 1. The third-order valence-electron chi connectivity index (χ3n) is 5.00. The molecule has 1 aliphatic heterocycles. The van der Waals surface area contributed by atoms with E-state index in [4.69, 9.17) is 4.99 Å². The molecule has 5 nitrogen and oxygen atoms in total. The van der Waals surface area contributed by atoms with Crippen LogP contribution in [0.3, 0.4) is 0 Å². The number of likely N-dealkylation sites (tertiary alicyclic amines) is 1. The Morgan fingerprint density at radius 2 is 1.88 bits per heavy atom. The molecule has 0 amide bonds. The summed E-state index contributed by atoms with van der Waals surface area (Å²) in [6, 6.07) is 0. The Morgan fingerprint density at radius 1 is 1.19 bits per heavy atom. The Morgan fingerprint density at radius 3 is 2.42 bits per heavy atom. The van der Waals surface area contributed by atoms with Crippen LogP contribution in [0.4, 0.5) is 0 Å². The molecule has 6 heteroatoms. The minimum Gasteiger partial charge on any atom is -0.396 e. The Bertz CT molecular complexity index is 358. The minimum absolute atomic E-state index is 0. The van der Waals surface area contributed by atoms with Crippen molar-refractivity contribution in [2.75, 3.05) is 45.9 Å². The van der Waals surface area contributed by atoms with E-state index in [2.05, 4.69) is 43.2 Å². The van der Waals surface area contributed by atoms with Crippen LogP contribution in [0.1, 0.15) is 59.8 Å². The molecule has 26 heavy (non-hydrogen) atoms. The van der Waals surface area contributed by atoms with E-state index in [9.17, 15) is 5.11 Å². The maximum atomic E-state index is 9.27. The van der Waals surface area contributed by atoms with Crippen LogP contribution in [0.25, 0.3) is 0 Å². The topological polar surface area (TPSA) is 59.9 Å². The van der Waals surface area contributed by atoms with Gasteiger partial charge in [0.2, 0.25) is 0 Å². The van der Waals surface area contributed by atoms with E-state index in [-0.39, 0.29) is 30.6 Å². The average molecular weight is 482 g/mol. The Kier molecular flexibility index (Phi) is 15.9. The Balaban J connectivity index is 0.00000625. The van der Waals surface area contributed by atoms with Gasteiger partial charge < -0.3 is 20.6 Å². The lowest BCUT2D eigenvalue weighted by atomic mass is 9.94. The van der Waals surface area contributed by atoms with Crippen molar-refractivity contribution in [3.8, 4) is 0 Å². The predicted octanol–water partition coefficient (Wildman–Crippen LogP) is 3.33. The lowest BCUT2D eigenvalue weighted by Gasteiger charge is -2.32. The van der Waals surface area contributed by atoms with Crippen LogP contribution in [0.15, 0.2) is 4.99 Å². The van der Waals surface area contributed by atoms with Gasteiger partial charge in [0.25, 0.3) is 0 Å². The first kappa shape index (κ1) is 25.9. The Labute approximate surface area is 178 Å². The zero-order chi connectivity index (χ0) is 18.5. The second kappa shape index (κ2) is 15.9. The van der Waals surface area contributed by atoms with Gasteiger partial charge in [-0.25, -0.2) is 0 Å². The second-order valence-electron chi connectivity index (χ2n) is 7.89. The molecule has 0 aromatic heterocycles. The number of nitrogens with zero attached hydrogens (tertiary/aromatic N) is 2. The molecule has 0 bridgehead atoms. The highest BCUT2D eigenvalue weighted by molar-refractivity contribution is 14.0. The van der Waals surface area contributed by atoms with E-state index in [0.717, 1.165) is 44.4 Å². The van der Waals surface area contributed by atoms with E-state index in [1.807, 2.05) is 0 Å². The fourth-order valence-electron chi connectivity index (χ4n) is 3.67. The number of halogens is 1. The molecule has 0 spiro atoms. The molecule has 1 saturated heterocycles. The third-order valence-corrected chi connectivity index (χ3v) is 5.00. The summed E-state index contributed by atoms with van der Waals surface area (Å²) in [6.07, 6.45) is 5.79. The van der Waals surface area contributed by atoms with Crippen molar-refractivity contribution in [3.63, 3.8) is 0 Å². The number of aliphatic hydroxyl groups excluding tert-OH is 1. The van der Waals surface area contributed by atoms with Crippen LogP contribution in [0.5, 0.6) is 0 Å². The van der Waals surface area contributed by atoms with E-state index in [1.165, 1.54) is 38.9 Å². The highest BCUT2D eigenvalue weighted by atomic mass is 127. The van der Waals surface area contributed by atoms with Crippen molar-refractivity contribution >= 4 is 29.9 Å². The van der Waals surface area contributed by atoms with Gasteiger partial charge in [-0.1, -0.05) is 20.8 Å². The van der Waals surface area contributed by atoms with Gasteiger partial charge in [-0.2, -0.15) is 0 Å². The molecular formula is C20H43IN4O. The van der Waals surface area contributed by atoms with E-state index < -0.39 is 0 Å². The number of piperidine rings is 1. The number of guanidine groups is 1. The third kappa shape index (κ3) is 11.6. The van der Waals surface area contributed by atoms with Crippen LogP contribution < -0.4 is 10.6 Å². The van der Waals surface area contributed by atoms with E-state index >= 15 is 0 Å². The van der Waals surface area contributed by atoms with Gasteiger partial charge in [0.05, 0.1) is 0 Å².